The van der Waals surface area contributed by atoms with Crippen LogP contribution in [-0.4, -0.2) is 22.7 Å². The smallest absolute Gasteiger partial charge is 0.350 e. The summed E-state index contributed by atoms with van der Waals surface area (Å²) >= 11 is 1.29. The number of fused-ring (bicyclic) bond motifs is 1. The fraction of sp³-hybridized carbons (Fsp3) is 0.222. The number of benzene rings is 2. The number of aromatic nitrogens is 1. The summed E-state index contributed by atoms with van der Waals surface area (Å²) in [7, 11) is 0. The van der Waals surface area contributed by atoms with Gasteiger partial charge in [0.1, 0.15) is 15.6 Å². The minimum Gasteiger partial charge on any atom is -0.507 e. The summed E-state index contributed by atoms with van der Waals surface area (Å²) < 4.78 is 5.05. The largest absolute Gasteiger partial charge is 0.507 e. The lowest BCUT2D eigenvalue weighted by molar-refractivity contribution is 0.0531. The van der Waals surface area contributed by atoms with Gasteiger partial charge in [0.15, 0.2) is 0 Å². The summed E-state index contributed by atoms with van der Waals surface area (Å²) in [5.74, 6) is -0.141. The Morgan fingerprint density at radius 1 is 1.26 bits per heavy atom. The number of hydrogen-bond donors (Lipinski definition) is 1. The maximum absolute atomic E-state index is 11.9. The Morgan fingerprint density at radius 2 is 2.04 bits per heavy atom. The molecule has 0 saturated carbocycles. The molecule has 2 aromatic carbocycles. The number of ether oxygens (including phenoxy) is 1. The van der Waals surface area contributed by atoms with Crippen LogP contribution < -0.4 is 0 Å². The van der Waals surface area contributed by atoms with Crippen LogP contribution in [0.4, 0.5) is 0 Å². The van der Waals surface area contributed by atoms with Gasteiger partial charge in [-0.3, -0.25) is 0 Å². The molecule has 3 rings (SSSR count). The SMILES string of the molecule is CCOC(=O)c1sc(-c2cc(O)c3ccc(C)cc3c2)nc1C. The van der Waals surface area contributed by atoms with Crippen molar-refractivity contribution in [2.75, 3.05) is 6.61 Å². The Balaban J connectivity index is 2.10. The molecular weight excluding hydrogens is 310 g/mol. The van der Waals surface area contributed by atoms with Crippen LogP contribution in [0.3, 0.4) is 0 Å². The Morgan fingerprint density at radius 3 is 2.78 bits per heavy atom. The third kappa shape index (κ3) is 2.92. The topological polar surface area (TPSA) is 59.4 Å². The summed E-state index contributed by atoms with van der Waals surface area (Å²) in [4.78, 5) is 16.9. The second kappa shape index (κ2) is 6.01. The molecule has 0 aliphatic heterocycles. The molecule has 1 heterocycles. The van der Waals surface area contributed by atoms with Gasteiger partial charge in [0, 0.05) is 10.9 Å². The van der Waals surface area contributed by atoms with Crippen molar-refractivity contribution in [3.05, 3.63) is 46.5 Å². The average Bonchev–Trinajstić information content (AvgIpc) is 2.89. The van der Waals surface area contributed by atoms with Gasteiger partial charge in [-0.05, 0) is 38.3 Å². The highest BCUT2D eigenvalue weighted by Gasteiger charge is 2.18. The van der Waals surface area contributed by atoms with Gasteiger partial charge in [-0.15, -0.1) is 11.3 Å². The van der Waals surface area contributed by atoms with E-state index >= 15 is 0 Å². The standard InChI is InChI=1S/C18H17NO3S/c1-4-22-18(21)16-11(3)19-17(23-16)13-8-12-7-10(2)5-6-14(12)15(20)9-13/h5-9,20H,4H2,1-3H3. The fourth-order valence-electron chi connectivity index (χ4n) is 2.50. The first-order chi connectivity index (χ1) is 11.0. The molecule has 0 saturated heterocycles. The zero-order valence-electron chi connectivity index (χ0n) is 13.2. The number of aromatic hydroxyl groups is 1. The third-order valence-corrected chi connectivity index (χ3v) is 4.78. The molecule has 0 amide bonds. The zero-order chi connectivity index (χ0) is 16.6. The summed E-state index contributed by atoms with van der Waals surface area (Å²) in [6, 6.07) is 9.56. The van der Waals surface area contributed by atoms with E-state index < -0.39 is 0 Å². The number of hydrogen-bond acceptors (Lipinski definition) is 5. The Hall–Kier alpha value is -2.40. The molecule has 0 aliphatic rings. The number of phenolic OH excluding ortho intramolecular Hbond substituents is 1. The molecule has 0 bridgehead atoms. The van der Waals surface area contributed by atoms with Crippen molar-refractivity contribution in [2.24, 2.45) is 0 Å². The zero-order valence-corrected chi connectivity index (χ0v) is 14.0. The highest BCUT2D eigenvalue weighted by Crippen LogP contribution is 2.35. The number of carbonyl (C=O) groups excluding carboxylic acids is 1. The minimum atomic E-state index is -0.352. The quantitative estimate of drug-likeness (QED) is 0.721. The summed E-state index contributed by atoms with van der Waals surface area (Å²) in [5.41, 5.74) is 2.56. The van der Waals surface area contributed by atoms with E-state index in [4.69, 9.17) is 4.74 Å². The number of nitrogens with zero attached hydrogens (tertiary/aromatic N) is 1. The van der Waals surface area contributed by atoms with E-state index in [1.165, 1.54) is 11.3 Å². The normalized spacial score (nSPS) is 10.9. The molecule has 1 N–H and O–H groups in total. The molecule has 0 atom stereocenters. The van der Waals surface area contributed by atoms with Crippen molar-refractivity contribution in [2.45, 2.75) is 20.8 Å². The Kier molecular flexibility index (Phi) is 4.05. The van der Waals surface area contributed by atoms with Crippen molar-refractivity contribution in [3.8, 4) is 16.3 Å². The van der Waals surface area contributed by atoms with Crippen LogP contribution in [0.2, 0.25) is 0 Å². The van der Waals surface area contributed by atoms with E-state index in [1.807, 2.05) is 31.2 Å². The molecule has 1 aromatic heterocycles. The number of thiazole rings is 1. The van der Waals surface area contributed by atoms with Gasteiger partial charge < -0.3 is 9.84 Å². The average molecular weight is 327 g/mol. The predicted octanol–water partition coefficient (Wildman–Crippen LogP) is 4.46. The molecule has 118 valence electrons. The van der Waals surface area contributed by atoms with Crippen molar-refractivity contribution in [3.63, 3.8) is 0 Å². The second-order valence-corrected chi connectivity index (χ2v) is 6.37. The number of aryl methyl sites for hydroxylation is 2. The first-order valence-corrected chi connectivity index (χ1v) is 8.19. The van der Waals surface area contributed by atoms with E-state index in [1.54, 1.807) is 19.9 Å². The van der Waals surface area contributed by atoms with Crippen LogP contribution in [0.25, 0.3) is 21.3 Å². The lowest BCUT2D eigenvalue weighted by Gasteiger charge is -2.05. The van der Waals surface area contributed by atoms with E-state index in [-0.39, 0.29) is 11.7 Å². The maximum Gasteiger partial charge on any atom is 0.350 e. The highest BCUT2D eigenvalue weighted by molar-refractivity contribution is 7.17. The van der Waals surface area contributed by atoms with Gasteiger partial charge in [-0.25, -0.2) is 9.78 Å². The van der Waals surface area contributed by atoms with Gasteiger partial charge in [0.05, 0.1) is 12.3 Å². The molecular formula is C18H17NO3S. The van der Waals surface area contributed by atoms with Crippen LogP contribution in [0, 0.1) is 13.8 Å². The van der Waals surface area contributed by atoms with Crippen molar-refractivity contribution >= 4 is 28.1 Å². The highest BCUT2D eigenvalue weighted by atomic mass is 32.1. The fourth-order valence-corrected chi connectivity index (χ4v) is 3.45. The molecule has 5 heteroatoms. The monoisotopic (exact) mass is 327 g/mol. The molecule has 0 aliphatic carbocycles. The van der Waals surface area contributed by atoms with E-state index in [0.717, 1.165) is 21.9 Å². The number of rotatable bonds is 3. The first-order valence-electron chi connectivity index (χ1n) is 7.38. The van der Waals surface area contributed by atoms with Gasteiger partial charge in [-0.2, -0.15) is 0 Å². The van der Waals surface area contributed by atoms with Gasteiger partial charge in [0.2, 0.25) is 0 Å². The van der Waals surface area contributed by atoms with Crippen molar-refractivity contribution in [1.82, 2.24) is 4.98 Å². The van der Waals surface area contributed by atoms with E-state index in [0.29, 0.717) is 22.2 Å². The van der Waals surface area contributed by atoms with Gasteiger partial charge in [0.25, 0.3) is 0 Å². The molecule has 0 fully saturated rings. The van der Waals surface area contributed by atoms with E-state index in [9.17, 15) is 9.90 Å². The number of phenols is 1. The Labute approximate surface area is 138 Å². The van der Waals surface area contributed by atoms with Gasteiger partial charge in [-0.1, -0.05) is 23.8 Å². The minimum absolute atomic E-state index is 0.211. The predicted molar refractivity (Wildman–Crippen MR) is 92.2 cm³/mol. The van der Waals surface area contributed by atoms with Crippen LogP contribution in [-0.2, 0) is 4.74 Å². The van der Waals surface area contributed by atoms with Crippen molar-refractivity contribution in [1.29, 1.82) is 0 Å². The summed E-state index contributed by atoms with van der Waals surface area (Å²) in [5, 5.41) is 12.7. The number of esters is 1. The van der Waals surface area contributed by atoms with Crippen LogP contribution in [0.5, 0.6) is 5.75 Å². The van der Waals surface area contributed by atoms with Gasteiger partial charge >= 0.3 is 5.97 Å². The Bertz CT molecular complexity index is 899. The molecule has 0 unspecified atom stereocenters. The molecule has 4 nitrogen and oxygen atoms in total. The first kappa shape index (κ1) is 15.5. The van der Waals surface area contributed by atoms with Crippen molar-refractivity contribution < 1.29 is 14.6 Å². The second-order valence-electron chi connectivity index (χ2n) is 5.37. The van der Waals surface area contributed by atoms with E-state index in [2.05, 4.69) is 4.98 Å². The van der Waals surface area contributed by atoms with Crippen LogP contribution in [0.1, 0.15) is 27.9 Å². The third-order valence-electron chi connectivity index (χ3n) is 3.59. The molecule has 0 radical (unpaired) electrons. The molecule has 23 heavy (non-hydrogen) atoms. The molecule has 3 aromatic rings. The maximum atomic E-state index is 11.9. The molecule has 0 spiro atoms. The number of carbonyl (C=O) groups is 1. The van der Waals surface area contributed by atoms with Crippen LogP contribution >= 0.6 is 11.3 Å². The summed E-state index contributed by atoms with van der Waals surface area (Å²) in [6.07, 6.45) is 0. The lowest BCUT2D eigenvalue weighted by Crippen LogP contribution is -2.03. The lowest BCUT2D eigenvalue weighted by atomic mass is 10.0. The summed E-state index contributed by atoms with van der Waals surface area (Å²) in [6.45, 7) is 5.91. The van der Waals surface area contributed by atoms with Crippen LogP contribution in [0.15, 0.2) is 30.3 Å².